The third kappa shape index (κ3) is 6.34. The molecule has 0 atom stereocenters. The summed E-state index contributed by atoms with van der Waals surface area (Å²) in [6, 6.07) is 5.32. The molecule has 0 amide bonds. The number of rotatable bonds is 11. The normalized spacial score (nSPS) is 12.6. The van der Waals surface area contributed by atoms with Gasteiger partial charge in [-0.2, -0.15) is 0 Å². The highest BCUT2D eigenvalue weighted by atomic mass is 14.9. The summed E-state index contributed by atoms with van der Waals surface area (Å²) in [6.45, 7) is 15.6. The molecule has 1 nitrogen and oxygen atoms in total. The number of hydrogen-bond acceptors (Lipinski definition) is 1. The largest absolute Gasteiger partial charge is 0.385 e. The lowest BCUT2D eigenvalue weighted by Gasteiger charge is -2.20. The molecule has 0 bridgehead atoms. The summed E-state index contributed by atoms with van der Waals surface area (Å²) < 4.78 is 0. The van der Waals surface area contributed by atoms with E-state index < -0.39 is 0 Å². The maximum atomic E-state index is 4.34. The summed E-state index contributed by atoms with van der Waals surface area (Å²) >= 11 is 0. The van der Waals surface area contributed by atoms with Crippen LogP contribution < -0.4 is 15.8 Å². The molecule has 0 spiro atoms. The predicted molar refractivity (Wildman–Crippen MR) is 110 cm³/mol. The van der Waals surface area contributed by atoms with Crippen LogP contribution in [0.25, 0.3) is 12.3 Å². The van der Waals surface area contributed by atoms with Gasteiger partial charge < -0.3 is 5.32 Å². The first-order chi connectivity index (χ1) is 11.6. The Morgan fingerprint density at radius 2 is 1.62 bits per heavy atom. The molecule has 0 aliphatic heterocycles. The van der Waals surface area contributed by atoms with E-state index in [1.807, 2.05) is 0 Å². The average molecular weight is 330 g/mol. The van der Waals surface area contributed by atoms with E-state index in [4.69, 9.17) is 0 Å². The zero-order valence-electron chi connectivity index (χ0n) is 16.8. The summed E-state index contributed by atoms with van der Waals surface area (Å²) in [5, 5.41) is 6.26. The molecule has 1 heteroatoms. The van der Waals surface area contributed by atoms with Crippen LogP contribution >= 0.6 is 0 Å². The first kappa shape index (κ1) is 20.8. The van der Waals surface area contributed by atoms with Crippen LogP contribution in [0.1, 0.15) is 90.7 Å². The number of unbranched alkanes of at least 4 members (excludes halogenated alkanes) is 2. The van der Waals surface area contributed by atoms with Crippen molar-refractivity contribution in [3.05, 3.63) is 33.7 Å². The van der Waals surface area contributed by atoms with Crippen LogP contribution in [0.15, 0.2) is 12.1 Å². The van der Waals surface area contributed by atoms with E-state index in [1.54, 1.807) is 0 Å². The molecule has 0 unspecified atom stereocenters. The molecule has 0 radical (unpaired) electrons. The van der Waals surface area contributed by atoms with E-state index in [0.717, 1.165) is 6.42 Å². The first-order valence-corrected chi connectivity index (χ1v) is 10.1. The van der Waals surface area contributed by atoms with E-state index >= 15 is 0 Å². The highest BCUT2D eigenvalue weighted by molar-refractivity contribution is 5.44. The van der Waals surface area contributed by atoms with Gasteiger partial charge in [0.05, 0.1) is 0 Å². The maximum Gasteiger partial charge on any atom is 0.0258 e. The molecule has 1 N–H and O–H groups in total. The fourth-order valence-corrected chi connectivity index (χ4v) is 3.59. The SMILES string of the molecule is C=c1cc(CCCCC)c(CC)c/c1=C(/C)NC(CCC)CCC. The molecule has 0 heterocycles. The third-order valence-electron chi connectivity index (χ3n) is 4.95. The van der Waals surface area contributed by atoms with E-state index in [2.05, 4.69) is 58.6 Å². The molecule has 0 aliphatic rings. The van der Waals surface area contributed by atoms with Crippen LogP contribution in [0.2, 0.25) is 0 Å². The topological polar surface area (TPSA) is 12.0 Å². The van der Waals surface area contributed by atoms with Gasteiger partial charge in [0.1, 0.15) is 0 Å². The van der Waals surface area contributed by atoms with Gasteiger partial charge in [-0.3, -0.25) is 0 Å². The Labute approximate surface area is 150 Å². The second kappa shape index (κ2) is 11.3. The quantitative estimate of drug-likeness (QED) is 0.558. The Morgan fingerprint density at radius 3 is 2.17 bits per heavy atom. The van der Waals surface area contributed by atoms with E-state index in [0.29, 0.717) is 6.04 Å². The fraction of sp³-hybridized carbons (Fsp3) is 0.652. The van der Waals surface area contributed by atoms with Crippen molar-refractivity contribution < 1.29 is 0 Å². The summed E-state index contributed by atoms with van der Waals surface area (Å²) in [5.74, 6) is 0. The standard InChI is InChI=1S/C23H39N/c1-7-11-12-15-21-16-18(5)23(17-20(21)10-4)19(6)24-22(13-8-2)14-9-3/h16-17,22,24H,5,7-15H2,1-4,6H3/b23-19+. The van der Waals surface area contributed by atoms with Crippen molar-refractivity contribution in [3.63, 3.8) is 0 Å². The molecular formula is C23H39N. The molecule has 0 aromatic heterocycles. The Balaban J connectivity index is 3.10. The van der Waals surface area contributed by atoms with Crippen LogP contribution in [-0.2, 0) is 12.8 Å². The summed E-state index contributed by atoms with van der Waals surface area (Å²) in [7, 11) is 0. The van der Waals surface area contributed by atoms with Gasteiger partial charge in [-0.05, 0) is 61.4 Å². The number of nitrogens with one attached hydrogen (secondary N) is 1. The Hall–Kier alpha value is -1.24. The smallest absolute Gasteiger partial charge is 0.0258 e. The molecule has 1 aromatic carbocycles. The molecule has 1 aromatic rings. The molecule has 1 rings (SSSR count). The molecule has 0 saturated carbocycles. The summed E-state index contributed by atoms with van der Waals surface area (Å²) in [4.78, 5) is 0. The first-order valence-electron chi connectivity index (χ1n) is 10.1. The Morgan fingerprint density at radius 1 is 0.958 bits per heavy atom. The lowest BCUT2D eigenvalue weighted by atomic mass is 9.97. The lowest BCUT2D eigenvalue weighted by Crippen LogP contribution is -2.35. The number of benzene rings is 1. The van der Waals surface area contributed by atoms with Crippen molar-refractivity contribution in [3.8, 4) is 0 Å². The second-order valence-electron chi connectivity index (χ2n) is 7.13. The van der Waals surface area contributed by atoms with Crippen molar-refractivity contribution in [1.82, 2.24) is 5.32 Å². The van der Waals surface area contributed by atoms with Gasteiger partial charge in [0.2, 0.25) is 0 Å². The van der Waals surface area contributed by atoms with Crippen LogP contribution in [0.5, 0.6) is 0 Å². The molecular weight excluding hydrogens is 290 g/mol. The van der Waals surface area contributed by atoms with Gasteiger partial charge >= 0.3 is 0 Å². The van der Waals surface area contributed by atoms with Gasteiger partial charge in [0.25, 0.3) is 0 Å². The highest BCUT2D eigenvalue weighted by Crippen LogP contribution is 2.11. The third-order valence-corrected chi connectivity index (χ3v) is 4.95. The maximum absolute atomic E-state index is 4.34. The highest BCUT2D eigenvalue weighted by Gasteiger charge is 2.08. The van der Waals surface area contributed by atoms with E-state index in [1.165, 1.54) is 78.6 Å². The molecule has 0 saturated heterocycles. The number of hydrogen-bond donors (Lipinski definition) is 1. The monoisotopic (exact) mass is 329 g/mol. The minimum atomic E-state index is 0.591. The van der Waals surface area contributed by atoms with Crippen LogP contribution in [0.4, 0.5) is 0 Å². The van der Waals surface area contributed by atoms with Crippen LogP contribution in [0, 0.1) is 0 Å². The Kier molecular flexibility index (Phi) is 9.83. The Bertz CT molecular complexity index is 579. The molecule has 0 aliphatic carbocycles. The van der Waals surface area contributed by atoms with Gasteiger partial charge in [-0.15, -0.1) is 0 Å². The zero-order valence-corrected chi connectivity index (χ0v) is 16.8. The minimum absolute atomic E-state index is 0.591. The van der Waals surface area contributed by atoms with Crippen molar-refractivity contribution in [1.29, 1.82) is 0 Å². The predicted octanol–water partition coefficient (Wildman–Crippen LogP) is 5.08. The van der Waals surface area contributed by atoms with Crippen molar-refractivity contribution >= 4 is 12.3 Å². The van der Waals surface area contributed by atoms with E-state index in [-0.39, 0.29) is 0 Å². The second-order valence-corrected chi connectivity index (χ2v) is 7.13. The zero-order chi connectivity index (χ0) is 17.9. The molecule has 0 fully saturated rings. The average Bonchev–Trinajstić information content (AvgIpc) is 2.55. The van der Waals surface area contributed by atoms with Crippen molar-refractivity contribution in [2.45, 2.75) is 98.4 Å². The minimum Gasteiger partial charge on any atom is -0.385 e. The number of aryl methyl sites for hydroxylation is 2. The van der Waals surface area contributed by atoms with Crippen LogP contribution in [0.3, 0.4) is 0 Å². The van der Waals surface area contributed by atoms with Gasteiger partial charge in [0.15, 0.2) is 0 Å². The fourth-order valence-electron chi connectivity index (χ4n) is 3.59. The summed E-state index contributed by atoms with van der Waals surface area (Å²) in [6.07, 6.45) is 11.1. The molecule has 24 heavy (non-hydrogen) atoms. The van der Waals surface area contributed by atoms with Crippen molar-refractivity contribution in [2.75, 3.05) is 0 Å². The molecule has 136 valence electrons. The van der Waals surface area contributed by atoms with E-state index in [9.17, 15) is 0 Å². The lowest BCUT2D eigenvalue weighted by molar-refractivity contribution is 0.499. The van der Waals surface area contributed by atoms with Gasteiger partial charge in [0, 0.05) is 17.0 Å². The van der Waals surface area contributed by atoms with Crippen molar-refractivity contribution in [2.24, 2.45) is 0 Å². The summed E-state index contributed by atoms with van der Waals surface area (Å²) in [5.41, 5.74) is 4.30. The van der Waals surface area contributed by atoms with Gasteiger partial charge in [-0.1, -0.05) is 66.0 Å². The van der Waals surface area contributed by atoms with Crippen LogP contribution in [-0.4, -0.2) is 6.04 Å². The van der Waals surface area contributed by atoms with Gasteiger partial charge in [-0.25, -0.2) is 0 Å².